The fourth-order valence-corrected chi connectivity index (χ4v) is 3.14. The minimum Gasteiger partial charge on any atom is -0.481 e. The number of aromatic nitrogens is 2. The van der Waals surface area contributed by atoms with Gasteiger partial charge in [0.2, 0.25) is 5.95 Å². The zero-order chi connectivity index (χ0) is 18.7. The number of carbonyl (C=O) groups is 1. The molecular weight excluding hydrogens is 347 g/mol. The SMILES string of the molecule is O=C(O)Cc1ccc(CC2CCN(c3nccc(C(F)(F)F)n3)C2)cc1. The Morgan fingerprint density at radius 3 is 2.54 bits per heavy atom. The Morgan fingerprint density at radius 1 is 1.19 bits per heavy atom. The third-order valence-electron chi connectivity index (χ3n) is 4.40. The zero-order valence-corrected chi connectivity index (χ0v) is 13.9. The molecule has 0 bridgehead atoms. The normalized spacial score (nSPS) is 17.5. The van der Waals surface area contributed by atoms with Gasteiger partial charge in [-0.05, 0) is 36.0 Å². The van der Waals surface area contributed by atoms with Crippen LogP contribution in [0.3, 0.4) is 0 Å². The van der Waals surface area contributed by atoms with E-state index < -0.39 is 17.8 Å². The molecule has 0 radical (unpaired) electrons. The number of halogens is 3. The summed E-state index contributed by atoms with van der Waals surface area (Å²) in [5.74, 6) is -0.470. The van der Waals surface area contributed by atoms with Crippen LogP contribution in [0.1, 0.15) is 23.2 Å². The minimum absolute atomic E-state index is 0.00955. The maximum atomic E-state index is 12.8. The number of aliphatic carboxylic acids is 1. The van der Waals surface area contributed by atoms with Crippen molar-refractivity contribution in [3.63, 3.8) is 0 Å². The highest BCUT2D eigenvalue weighted by Crippen LogP contribution is 2.30. The van der Waals surface area contributed by atoms with Crippen molar-refractivity contribution >= 4 is 11.9 Å². The maximum Gasteiger partial charge on any atom is 0.433 e. The molecule has 1 unspecified atom stereocenters. The van der Waals surface area contributed by atoms with Gasteiger partial charge in [0.15, 0.2) is 0 Å². The lowest BCUT2D eigenvalue weighted by molar-refractivity contribution is -0.141. The van der Waals surface area contributed by atoms with Crippen LogP contribution >= 0.6 is 0 Å². The molecule has 1 atom stereocenters. The number of carboxylic acid groups (broad SMARTS) is 1. The quantitative estimate of drug-likeness (QED) is 0.882. The van der Waals surface area contributed by atoms with Crippen LogP contribution in [0.4, 0.5) is 19.1 Å². The number of anilines is 1. The largest absolute Gasteiger partial charge is 0.481 e. The Morgan fingerprint density at radius 2 is 1.88 bits per heavy atom. The van der Waals surface area contributed by atoms with Crippen LogP contribution in [0.15, 0.2) is 36.5 Å². The average molecular weight is 365 g/mol. The standard InChI is InChI=1S/C18H18F3N3O2/c19-18(20,21)15-5-7-22-17(23-15)24-8-6-14(11-24)9-12-1-3-13(4-2-12)10-16(25)26/h1-5,7,14H,6,8-11H2,(H,25,26). The van der Waals surface area contributed by atoms with Crippen molar-refractivity contribution in [2.75, 3.05) is 18.0 Å². The van der Waals surface area contributed by atoms with Gasteiger partial charge in [-0.2, -0.15) is 13.2 Å². The lowest BCUT2D eigenvalue weighted by atomic mass is 9.97. The lowest BCUT2D eigenvalue weighted by Crippen LogP contribution is -2.24. The number of rotatable bonds is 5. The second kappa shape index (κ2) is 7.31. The highest BCUT2D eigenvalue weighted by molar-refractivity contribution is 5.70. The van der Waals surface area contributed by atoms with E-state index in [4.69, 9.17) is 5.11 Å². The molecule has 1 aromatic carbocycles. The van der Waals surface area contributed by atoms with Gasteiger partial charge in [-0.3, -0.25) is 4.79 Å². The van der Waals surface area contributed by atoms with E-state index in [2.05, 4.69) is 9.97 Å². The molecule has 1 saturated heterocycles. The molecule has 1 aliphatic heterocycles. The summed E-state index contributed by atoms with van der Waals surface area (Å²) in [5.41, 5.74) is 0.891. The molecule has 3 rings (SSSR count). The summed E-state index contributed by atoms with van der Waals surface area (Å²) in [7, 11) is 0. The van der Waals surface area contributed by atoms with Gasteiger partial charge < -0.3 is 10.0 Å². The molecule has 26 heavy (non-hydrogen) atoms. The maximum absolute atomic E-state index is 12.8. The monoisotopic (exact) mass is 365 g/mol. The van der Waals surface area contributed by atoms with E-state index in [1.54, 1.807) is 17.0 Å². The number of hydrogen-bond donors (Lipinski definition) is 1. The number of nitrogens with zero attached hydrogens (tertiary/aromatic N) is 3. The van der Waals surface area contributed by atoms with E-state index in [9.17, 15) is 18.0 Å². The molecule has 2 aromatic rings. The van der Waals surface area contributed by atoms with E-state index in [0.717, 1.165) is 36.2 Å². The Bertz CT molecular complexity index is 778. The van der Waals surface area contributed by atoms with Gasteiger partial charge in [-0.1, -0.05) is 24.3 Å². The van der Waals surface area contributed by atoms with Gasteiger partial charge in [0.1, 0.15) is 5.69 Å². The van der Waals surface area contributed by atoms with Crippen molar-refractivity contribution in [3.8, 4) is 0 Å². The highest BCUT2D eigenvalue weighted by Gasteiger charge is 2.34. The lowest BCUT2D eigenvalue weighted by Gasteiger charge is -2.17. The summed E-state index contributed by atoms with van der Waals surface area (Å²) in [6.45, 7) is 1.21. The van der Waals surface area contributed by atoms with Gasteiger partial charge in [0.05, 0.1) is 6.42 Å². The molecule has 2 heterocycles. The van der Waals surface area contributed by atoms with Crippen LogP contribution in [0.2, 0.25) is 0 Å². The van der Waals surface area contributed by atoms with E-state index in [-0.39, 0.29) is 12.4 Å². The summed E-state index contributed by atoms with van der Waals surface area (Å²) in [5, 5.41) is 8.79. The number of hydrogen-bond acceptors (Lipinski definition) is 4. The van der Waals surface area contributed by atoms with Crippen LogP contribution in [-0.4, -0.2) is 34.1 Å². The zero-order valence-electron chi connectivity index (χ0n) is 13.9. The molecule has 5 nitrogen and oxygen atoms in total. The molecule has 1 aromatic heterocycles. The second-order valence-electron chi connectivity index (χ2n) is 6.43. The molecule has 0 amide bonds. The summed E-state index contributed by atoms with van der Waals surface area (Å²) >= 11 is 0. The van der Waals surface area contributed by atoms with Gasteiger partial charge in [0, 0.05) is 19.3 Å². The van der Waals surface area contributed by atoms with E-state index in [1.807, 2.05) is 12.1 Å². The first-order valence-corrected chi connectivity index (χ1v) is 8.26. The molecule has 8 heteroatoms. The van der Waals surface area contributed by atoms with Crippen LogP contribution in [0.25, 0.3) is 0 Å². The first-order valence-electron chi connectivity index (χ1n) is 8.26. The van der Waals surface area contributed by atoms with Crippen LogP contribution < -0.4 is 4.90 Å². The van der Waals surface area contributed by atoms with Gasteiger partial charge >= 0.3 is 12.1 Å². The molecule has 1 fully saturated rings. The fourth-order valence-electron chi connectivity index (χ4n) is 3.14. The van der Waals surface area contributed by atoms with Gasteiger partial charge in [-0.25, -0.2) is 9.97 Å². The molecule has 1 aliphatic rings. The van der Waals surface area contributed by atoms with Crippen molar-refractivity contribution in [1.29, 1.82) is 0 Å². The summed E-state index contributed by atoms with van der Waals surface area (Å²) in [4.78, 5) is 20.1. The number of benzene rings is 1. The summed E-state index contributed by atoms with van der Waals surface area (Å²) < 4.78 is 38.4. The van der Waals surface area contributed by atoms with Crippen molar-refractivity contribution in [2.45, 2.75) is 25.4 Å². The predicted octanol–water partition coefficient (Wildman–Crippen LogP) is 3.19. The molecule has 1 N–H and O–H groups in total. The fraction of sp³-hybridized carbons (Fsp3) is 0.389. The minimum atomic E-state index is -4.48. The first-order chi connectivity index (χ1) is 12.3. The van der Waals surface area contributed by atoms with Gasteiger partial charge in [-0.15, -0.1) is 0 Å². The van der Waals surface area contributed by atoms with Crippen LogP contribution in [0, 0.1) is 5.92 Å². The van der Waals surface area contributed by atoms with Crippen molar-refractivity contribution in [3.05, 3.63) is 53.3 Å². The molecule has 0 saturated carbocycles. The Hall–Kier alpha value is -2.64. The summed E-state index contributed by atoms with van der Waals surface area (Å²) in [6, 6.07) is 8.28. The molecular formula is C18H18F3N3O2. The van der Waals surface area contributed by atoms with Crippen molar-refractivity contribution in [1.82, 2.24) is 9.97 Å². The van der Waals surface area contributed by atoms with Crippen molar-refractivity contribution in [2.24, 2.45) is 5.92 Å². The highest BCUT2D eigenvalue weighted by atomic mass is 19.4. The second-order valence-corrected chi connectivity index (χ2v) is 6.43. The van der Waals surface area contributed by atoms with Crippen LogP contribution in [-0.2, 0) is 23.8 Å². The average Bonchev–Trinajstić information content (AvgIpc) is 3.04. The van der Waals surface area contributed by atoms with Gasteiger partial charge in [0.25, 0.3) is 0 Å². The molecule has 0 aliphatic carbocycles. The third kappa shape index (κ3) is 4.50. The Kier molecular flexibility index (Phi) is 5.11. The Balaban J connectivity index is 1.61. The smallest absolute Gasteiger partial charge is 0.433 e. The predicted molar refractivity (Wildman–Crippen MR) is 88.8 cm³/mol. The molecule has 0 spiro atoms. The topological polar surface area (TPSA) is 66.3 Å². The summed E-state index contributed by atoms with van der Waals surface area (Å²) in [6.07, 6.45) is -1.72. The Labute approximate surface area is 148 Å². The van der Waals surface area contributed by atoms with Crippen LogP contribution in [0.5, 0.6) is 0 Å². The first kappa shape index (κ1) is 18.2. The number of carboxylic acids is 1. The van der Waals surface area contributed by atoms with E-state index in [1.165, 1.54) is 0 Å². The van der Waals surface area contributed by atoms with E-state index >= 15 is 0 Å². The van der Waals surface area contributed by atoms with E-state index in [0.29, 0.717) is 19.0 Å². The number of alkyl halides is 3. The van der Waals surface area contributed by atoms with Crippen molar-refractivity contribution < 1.29 is 23.1 Å². The third-order valence-corrected chi connectivity index (χ3v) is 4.40. The molecule has 138 valence electrons.